The lowest BCUT2D eigenvalue weighted by molar-refractivity contribution is -0.126. The summed E-state index contributed by atoms with van der Waals surface area (Å²) in [4.78, 5) is 23.7. The van der Waals surface area contributed by atoms with Crippen molar-refractivity contribution in [1.29, 1.82) is 0 Å². The van der Waals surface area contributed by atoms with Crippen molar-refractivity contribution in [2.75, 3.05) is 11.9 Å². The van der Waals surface area contributed by atoms with Crippen molar-refractivity contribution >= 4 is 33.4 Å². The van der Waals surface area contributed by atoms with E-state index in [1.165, 1.54) is 5.56 Å². The standard InChI is InChI=1S/C19H21BrN2O2/c1-14-12-16(20)9-10-17(14)22-19(24)13-18(23)21-11-5-8-15-6-3-2-4-7-15/h2-4,6-7,9-10,12H,5,8,11,13H2,1H3,(H,21,23)(H,22,24). The molecule has 0 radical (unpaired) electrons. The molecule has 2 aromatic rings. The second-order valence-electron chi connectivity index (χ2n) is 5.62. The highest BCUT2D eigenvalue weighted by Gasteiger charge is 2.10. The van der Waals surface area contributed by atoms with Crippen molar-refractivity contribution in [3.05, 3.63) is 64.1 Å². The summed E-state index contributed by atoms with van der Waals surface area (Å²) < 4.78 is 0.953. The highest BCUT2D eigenvalue weighted by Crippen LogP contribution is 2.20. The molecule has 0 atom stereocenters. The number of nitrogens with one attached hydrogen (secondary N) is 2. The maximum absolute atomic E-state index is 11.9. The summed E-state index contributed by atoms with van der Waals surface area (Å²) in [5.41, 5.74) is 2.91. The number of carbonyl (C=O) groups excluding carboxylic acids is 2. The molecule has 0 fully saturated rings. The second-order valence-corrected chi connectivity index (χ2v) is 6.54. The fourth-order valence-corrected chi connectivity index (χ4v) is 2.81. The monoisotopic (exact) mass is 388 g/mol. The Labute approximate surface area is 150 Å². The number of anilines is 1. The van der Waals surface area contributed by atoms with Gasteiger partial charge in [-0.2, -0.15) is 0 Å². The molecule has 4 nitrogen and oxygen atoms in total. The van der Waals surface area contributed by atoms with Crippen LogP contribution < -0.4 is 10.6 Å². The van der Waals surface area contributed by atoms with Gasteiger partial charge in [0.05, 0.1) is 0 Å². The van der Waals surface area contributed by atoms with Crippen LogP contribution in [-0.4, -0.2) is 18.4 Å². The average molecular weight is 389 g/mol. The van der Waals surface area contributed by atoms with Crippen LogP contribution in [0.2, 0.25) is 0 Å². The van der Waals surface area contributed by atoms with Gasteiger partial charge >= 0.3 is 0 Å². The molecule has 0 saturated heterocycles. The molecule has 5 heteroatoms. The third kappa shape index (κ3) is 6.16. The maximum Gasteiger partial charge on any atom is 0.233 e. The SMILES string of the molecule is Cc1cc(Br)ccc1NC(=O)CC(=O)NCCCc1ccccc1. The molecule has 0 heterocycles. The molecule has 0 bridgehead atoms. The Kier molecular flexibility index (Phi) is 7.00. The van der Waals surface area contributed by atoms with Crippen molar-refractivity contribution in [3.8, 4) is 0 Å². The van der Waals surface area contributed by atoms with Gasteiger partial charge in [0, 0.05) is 16.7 Å². The highest BCUT2D eigenvalue weighted by atomic mass is 79.9. The van der Waals surface area contributed by atoms with Crippen LogP contribution in [0, 0.1) is 6.92 Å². The van der Waals surface area contributed by atoms with Gasteiger partial charge in [-0.1, -0.05) is 46.3 Å². The number of amides is 2. The van der Waals surface area contributed by atoms with E-state index in [0.29, 0.717) is 6.54 Å². The lowest BCUT2D eigenvalue weighted by Gasteiger charge is -2.09. The van der Waals surface area contributed by atoms with Gasteiger partial charge in [-0.3, -0.25) is 9.59 Å². The first-order chi connectivity index (χ1) is 11.5. The molecular formula is C19H21BrN2O2. The number of benzene rings is 2. The molecular weight excluding hydrogens is 368 g/mol. The van der Waals surface area contributed by atoms with E-state index in [-0.39, 0.29) is 18.2 Å². The first-order valence-electron chi connectivity index (χ1n) is 7.91. The number of halogens is 1. The van der Waals surface area contributed by atoms with Gasteiger partial charge in [0.1, 0.15) is 6.42 Å². The van der Waals surface area contributed by atoms with E-state index in [4.69, 9.17) is 0 Å². The number of rotatable bonds is 7. The molecule has 2 aromatic carbocycles. The molecule has 0 aromatic heterocycles. The molecule has 0 spiro atoms. The number of hydrogen-bond acceptors (Lipinski definition) is 2. The zero-order chi connectivity index (χ0) is 17.4. The third-order valence-electron chi connectivity index (χ3n) is 3.59. The molecule has 0 aliphatic carbocycles. The molecule has 24 heavy (non-hydrogen) atoms. The van der Waals surface area contributed by atoms with E-state index in [9.17, 15) is 9.59 Å². The van der Waals surface area contributed by atoms with E-state index >= 15 is 0 Å². The Morgan fingerprint density at radius 2 is 1.79 bits per heavy atom. The zero-order valence-corrected chi connectivity index (χ0v) is 15.2. The summed E-state index contributed by atoms with van der Waals surface area (Å²) in [7, 11) is 0. The number of aryl methyl sites for hydroxylation is 2. The van der Waals surface area contributed by atoms with Crippen LogP contribution in [-0.2, 0) is 16.0 Å². The minimum absolute atomic E-state index is 0.166. The topological polar surface area (TPSA) is 58.2 Å². The largest absolute Gasteiger partial charge is 0.356 e. The second kappa shape index (κ2) is 9.23. The molecule has 126 valence electrons. The first-order valence-corrected chi connectivity index (χ1v) is 8.70. The lowest BCUT2D eigenvalue weighted by atomic mass is 10.1. The van der Waals surface area contributed by atoms with E-state index in [1.807, 2.05) is 43.3 Å². The van der Waals surface area contributed by atoms with Crippen molar-refractivity contribution in [2.45, 2.75) is 26.2 Å². The minimum Gasteiger partial charge on any atom is -0.356 e. The Bertz CT molecular complexity index is 702. The van der Waals surface area contributed by atoms with Crippen molar-refractivity contribution in [3.63, 3.8) is 0 Å². The molecule has 0 aliphatic rings. The molecule has 0 aliphatic heterocycles. The van der Waals surface area contributed by atoms with Crippen LogP contribution in [0.4, 0.5) is 5.69 Å². The van der Waals surface area contributed by atoms with E-state index < -0.39 is 0 Å². The quantitative estimate of drug-likeness (QED) is 0.559. The fourth-order valence-electron chi connectivity index (χ4n) is 2.34. The zero-order valence-electron chi connectivity index (χ0n) is 13.6. The molecule has 2 N–H and O–H groups in total. The normalized spacial score (nSPS) is 10.2. The summed E-state index contributed by atoms with van der Waals surface area (Å²) in [5, 5.41) is 5.55. The van der Waals surface area contributed by atoms with Gasteiger partial charge in [0.15, 0.2) is 0 Å². The predicted molar refractivity (Wildman–Crippen MR) is 99.9 cm³/mol. The summed E-state index contributed by atoms with van der Waals surface area (Å²) in [6, 6.07) is 15.7. The first kappa shape index (κ1) is 18.2. The van der Waals surface area contributed by atoms with Crippen LogP contribution in [0.15, 0.2) is 53.0 Å². The molecule has 2 amide bonds. The molecule has 0 unspecified atom stereocenters. The van der Waals surface area contributed by atoms with Crippen molar-refractivity contribution in [2.24, 2.45) is 0 Å². The smallest absolute Gasteiger partial charge is 0.233 e. The third-order valence-corrected chi connectivity index (χ3v) is 4.08. The Morgan fingerprint density at radius 3 is 2.50 bits per heavy atom. The number of hydrogen-bond donors (Lipinski definition) is 2. The van der Waals surface area contributed by atoms with Crippen LogP contribution >= 0.6 is 15.9 Å². The van der Waals surface area contributed by atoms with Gasteiger partial charge in [-0.05, 0) is 49.1 Å². The van der Waals surface area contributed by atoms with Gasteiger partial charge < -0.3 is 10.6 Å². The van der Waals surface area contributed by atoms with Crippen molar-refractivity contribution < 1.29 is 9.59 Å². The highest BCUT2D eigenvalue weighted by molar-refractivity contribution is 9.10. The van der Waals surface area contributed by atoms with Gasteiger partial charge in [-0.15, -0.1) is 0 Å². The Hall–Kier alpha value is -2.14. The van der Waals surface area contributed by atoms with E-state index in [0.717, 1.165) is 28.6 Å². The van der Waals surface area contributed by atoms with Crippen LogP contribution in [0.1, 0.15) is 24.0 Å². The summed E-state index contributed by atoms with van der Waals surface area (Å²) >= 11 is 3.38. The van der Waals surface area contributed by atoms with Gasteiger partial charge in [0.2, 0.25) is 11.8 Å². The summed E-state index contributed by atoms with van der Waals surface area (Å²) in [6.45, 7) is 2.47. The van der Waals surface area contributed by atoms with Crippen LogP contribution in [0.5, 0.6) is 0 Å². The van der Waals surface area contributed by atoms with Gasteiger partial charge in [-0.25, -0.2) is 0 Å². The van der Waals surface area contributed by atoms with Crippen LogP contribution in [0.25, 0.3) is 0 Å². The average Bonchev–Trinajstić information content (AvgIpc) is 2.55. The Morgan fingerprint density at radius 1 is 1.04 bits per heavy atom. The molecule has 0 saturated carbocycles. The number of carbonyl (C=O) groups is 2. The van der Waals surface area contributed by atoms with Crippen molar-refractivity contribution in [1.82, 2.24) is 5.32 Å². The van der Waals surface area contributed by atoms with E-state index in [2.05, 4.69) is 38.7 Å². The van der Waals surface area contributed by atoms with E-state index in [1.54, 1.807) is 0 Å². The lowest BCUT2D eigenvalue weighted by Crippen LogP contribution is -2.29. The molecule has 2 rings (SSSR count). The maximum atomic E-state index is 11.9. The van der Waals surface area contributed by atoms with Crippen LogP contribution in [0.3, 0.4) is 0 Å². The summed E-state index contributed by atoms with van der Waals surface area (Å²) in [5.74, 6) is -0.559. The minimum atomic E-state index is -0.305. The fraction of sp³-hybridized carbons (Fsp3) is 0.263. The summed E-state index contributed by atoms with van der Waals surface area (Å²) in [6.07, 6.45) is 1.59. The Balaban J connectivity index is 1.69. The predicted octanol–water partition coefficient (Wildman–Crippen LogP) is 3.84. The van der Waals surface area contributed by atoms with Gasteiger partial charge in [0.25, 0.3) is 0 Å².